The molecule has 2 rings (SSSR count). The third kappa shape index (κ3) is 5.33. The van der Waals surface area contributed by atoms with E-state index in [9.17, 15) is 26.4 Å². The van der Waals surface area contributed by atoms with Crippen LogP contribution in [0.2, 0.25) is 0 Å². The van der Waals surface area contributed by atoms with Crippen molar-refractivity contribution in [3.8, 4) is 0 Å². The fraction of sp³-hybridized carbons (Fsp3) is 0.333. The predicted octanol–water partition coefficient (Wildman–Crippen LogP) is 4.11. The number of sulfonamides is 1. The molecular formula is C18H19F3N2O3S2. The first-order chi connectivity index (χ1) is 13.1. The van der Waals surface area contributed by atoms with E-state index < -0.39 is 27.5 Å². The largest absolute Gasteiger partial charge is 0.416 e. The first kappa shape index (κ1) is 22.4. The van der Waals surface area contributed by atoms with E-state index in [2.05, 4.69) is 4.98 Å². The van der Waals surface area contributed by atoms with E-state index in [1.165, 1.54) is 34.8 Å². The maximum atomic E-state index is 12.7. The van der Waals surface area contributed by atoms with Gasteiger partial charge in [0, 0.05) is 24.8 Å². The van der Waals surface area contributed by atoms with Gasteiger partial charge in [0.1, 0.15) is 4.90 Å². The minimum Gasteiger partial charge on any atom is -0.293 e. The number of thioether (sulfide) groups is 1. The molecule has 28 heavy (non-hydrogen) atoms. The van der Waals surface area contributed by atoms with Crippen molar-refractivity contribution in [3.63, 3.8) is 0 Å². The molecule has 0 amide bonds. The van der Waals surface area contributed by atoms with Crippen LogP contribution in [-0.4, -0.2) is 42.3 Å². The molecular weight excluding hydrogens is 413 g/mol. The standard InChI is InChI=1S/C18H19F3N2O3S2/c1-3-23(4-2)28(25,26)15-8-9-17(22-11-15)27-12-16(24)13-6-5-7-14(10-13)18(19,20)21/h5-11H,3-4,12H2,1-2H3. The maximum Gasteiger partial charge on any atom is 0.416 e. The molecule has 1 aromatic heterocycles. The fourth-order valence-corrected chi connectivity index (χ4v) is 4.55. The monoisotopic (exact) mass is 432 g/mol. The number of benzene rings is 1. The van der Waals surface area contributed by atoms with Gasteiger partial charge in [0.25, 0.3) is 0 Å². The lowest BCUT2D eigenvalue weighted by Crippen LogP contribution is -2.30. The Morgan fingerprint density at radius 1 is 1.14 bits per heavy atom. The number of hydrogen-bond acceptors (Lipinski definition) is 5. The average molecular weight is 432 g/mol. The Balaban J connectivity index is 2.07. The van der Waals surface area contributed by atoms with Crippen LogP contribution in [0, 0.1) is 0 Å². The number of ketones is 1. The molecule has 1 aromatic carbocycles. The predicted molar refractivity (Wildman–Crippen MR) is 101 cm³/mol. The molecule has 0 saturated carbocycles. The third-order valence-electron chi connectivity index (χ3n) is 3.92. The number of hydrogen-bond donors (Lipinski definition) is 0. The molecule has 5 nitrogen and oxygen atoms in total. The van der Waals surface area contributed by atoms with E-state index in [-0.39, 0.29) is 16.2 Å². The molecule has 0 spiro atoms. The van der Waals surface area contributed by atoms with Crippen molar-refractivity contribution in [3.05, 3.63) is 53.7 Å². The zero-order chi connectivity index (χ0) is 20.9. The van der Waals surface area contributed by atoms with Gasteiger partial charge in [-0.3, -0.25) is 4.79 Å². The number of aromatic nitrogens is 1. The Morgan fingerprint density at radius 2 is 1.82 bits per heavy atom. The van der Waals surface area contributed by atoms with Crippen molar-refractivity contribution in [2.75, 3.05) is 18.8 Å². The van der Waals surface area contributed by atoms with Gasteiger partial charge in [0.05, 0.1) is 16.3 Å². The van der Waals surface area contributed by atoms with Gasteiger partial charge in [-0.2, -0.15) is 17.5 Å². The van der Waals surface area contributed by atoms with Crippen molar-refractivity contribution in [1.82, 2.24) is 9.29 Å². The summed E-state index contributed by atoms with van der Waals surface area (Å²) in [5, 5.41) is 0.402. The minimum atomic E-state index is -4.52. The van der Waals surface area contributed by atoms with E-state index in [0.717, 1.165) is 23.9 Å². The van der Waals surface area contributed by atoms with Crippen molar-refractivity contribution in [2.45, 2.75) is 29.9 Å². The van der Waals surface area contributed by atoms with Crippen molar-refractivity contribution < 1.29 is 26.4 Å². The second kappa shape index (κ2) is 9.06. The van der Waals surface area contributed by atoms with Crippen LogP contribution in [0.25, 0.3) is 0 Å². The van der Waals surface area contributed by atoms with E-state index in [0.29, 0.717) is 18.1 Å². The number of Topliss-reactive ketones (excluding diaryl/α,β-unsaturated/α-hetero) is 1. The number of rotatable bonds is 8. The number of carbonyl (C=O) groups is 1. The summed E-state index contributed by atoms with van der Waals surface area (Å²) in [7, 11) is -3.62. The zero-order valence-corrected chi connectivity index (χ0v) is 16.9. The zero-order valence-electron chi connectivity index (χ0n) is 15.2. The first-order valence-electron chi connectivity index (χ1n) is 8.39. The topological polar surface area (TPSA) is 67.3 Å². The van der Waals surface area contributed by atoms with Crippen LogP contribution in [-0.2, 0) is 16.2 Å². The molecule has 0 bridgehead atoms. The molecule has 0 atom stereocenters. The Labute approximate surface area is 166 Å². The van der Waals surface area contributed by atoms with Crippen molar-refractivity contribution in [1.29, 1.82) is 0 Å². The quantitative estimate of drug-likeness (QED) is 0.464. The average Bonchev–Trinajstić information content (AvgIpc) is 2.66. The number of alkyl halides is 3. The lowest BCUT2D eigenvalue weighted by molar-refractivity contribution is -0.137. The molecule has 10 heteroatoms. The molecule has 0 aliphatic carbocycles. The van der Waals surface area contributed by atoms with E-state index in [1.54, 1.807) is 13.8 Å². The molecule has 0 unspecified atom stereocenters. The number of nitrogens with zero attached hydrogens (tertiary/aromatic N) is 2. The Morgan fingerprint density at radius 3 is 2.36 bits per heavy atom. The smallest absolute Gasteiger partial charge is 0.293 e. The van der Waals surface area contributed by atoms with E-state index >= 15 is 0 Å². The molecule has 2 aromatic rings. The van der Waals surface area contributed by atoms with Gasteiger partial charge in [-0.1, -0.05) is 37.7 Å². The van der Waals surface area contributed by atoms with Gasteiger partial charge in [-0.05, 0) is 24.3 Å². The molecule has 0 N–H and O–H groups in total. The highest BCUT2D eigenvalue weighted by atomic mass is 32.2. The molecule has 0 aliphatic rings. The van der Waals surface area contributed by atoms with Gasteiger partial charge in [-0.25, -0.2) is 13.4 Å². The van der Waals surface area contributed by atoms with Gasteiger partial charge >= 0.3 is 6.18 Å². The Hall–Kier alpha value is -1.91. The highest BCUT2D eigenvalue weighted by molar-refractivity contribution is 7.99. The van der Waals surface area contributed by atoms with Crippen LogP contribution >= 0.6 is 11.8 Å². The molecule has 0 radical (unpaired) electrons. The highest BCUT2D eigenvalue weighted by Crippen LogP contribution is 2.30. The SMILES string of the molecule is CCN(CC)S(=O)(=O)c1ccc(SCC(=O)c2cccc(C(F)(F)F)c2)nc1. The second-order valence-electron chi connectivity index (χ2n) is 5.71. The molecule has 0 fully saturated rings. The Bertz CT molecular complexity index is 926. The van der Waals surface area contributed by atoms with Crippen LogP contribution in [0.4, 0.5) is 13.2 Å². The van der Waals surface area contributed by atoms with Crippen LogP contribution in [0.3, 0.4) is 0 Å². The molecule has 0 aliphatic heterocycles. The second-order valence-corrected chi connectivity index (χ2v) is 8.65. The van der Waals surface area contributed by atoms with E-state index in [1.807, 2.05) is 0 Å². The first-order valence-corrected chi connectivity index (χ1v) is 10.8. The number of carbonyl (C=O) groups excluding carboxylic acids is 1. The van der Waals surface area contributed by atoms with Crippen LogP contribution < -0.4 is 0 Å². The molecule has 1 heterocycles. The summed E-state index contributed by atoms with van der Waals surface area (Å²) in [6.07, 6.45) is -3.30. The third-order valence-corrected chi connectivity index (χ3v) is 6.89. The molecule has 152 valence electrons. The molecule has 0 saturated heterocycles. The van der Waals surface area contributed by atoms with Gasteiger partial charge < -0.3 is 0 Å². The fourth-order valence-electron chi connectivity index (χ4n) is 2.41. The lowest BCUT2D eigenvalue weighted by Gasteiger charge is -2.18. The van der Waals surface area contributed by atoms with E-state index in [4.69, 9.17) is 0 Å². The summed E-state index contributed by atoms with van der Waals surface area (Å²) in [6.45, 7) is 4.14. The summed E-state index contributed by atoms with van der Waals surface area (Å²) in [4.78, 5) is 16.3. The number of halogens is 3. The Kier molecular flexibility index (Phi) is 7.24. The lowest BCUT2D eigenvalue weighted by atomic mass is 10.1. The van der Waals surface area contributed by atoms with Crippen molar-refractivity contribution in [2.24, 2.45) is 0 Å². The summed E-state index contributed by atoms with van der Waals surface area (Å²) in [5.41, 5.74) is -0.921. The van der Waals surface area contributed by atoms with Crippen molar-refractivity contribution >= 4 is 27.6 Å². The van der Waals surface area contributed by atoms with Crippen LogP contribution in [0.1, 0.15) is 29.8 Å². The highest BCUT2D eigenvalue weighted by Gasteiger charge is 2.30. The maximum absolute atomic E-state index is 12.7. The van der Waals surface area contributed by atoms with Crippen LogP contribution in [0.15, 0.2) is 52.5 Å². The normalized spacial score (nSPS) is 12.4. The summed E-state index contributed by atoms with van der Waals surface area (Å²) >= 11 is 1.03. The summed E-state index contributed by atoms with van der Waals surface area (Å²) in [6, 6.07) is 7.10. The summed E-state index contributed by atoms with van der Waals surface area (Å²) in [5.74, 6) is -0.589. The van der Waals surface area contributed by atoms with Crippen LogP contribution in [0.5, 0.6) is 0 Å². The summed E-state index contributed by atoms with van der Waals surface area (Å²) < 4.78 is 64.3. The van der Waals surface area contributed by atoms with Gasteiger partial charge in [-0.15, -0.1) is 0 Å². The minimum absolute atomic E-state index is 0.0388. The number of pyridine rings is 1. The van der Waals surface area contributed by atoms with Gasteiger partial charge in [0.15, 0.2) is 5.78 Å². The van der Waals surface area contributed by atoms with Gasteiger partial charge in [0.2, 0.25) is 10.0 Å².